The van der Waals surface area contributed by atoms with Gasteiger partial charge in [-0.1, -0.05) is 25.1 Å². The molecule has 0 bridgehead atoms. The van der Waals surface area contributed by atoms with Crippen LogP contribution >= 0.6 is 24.8 Å². The molecule has 0 saturated heterocycles. The van der Waals surface area contributed by atoms with Gasteiger partial charge in [-0.05, 0) is 31.6 Å². The number of nitrogens with one attached hydrogen (secondary N) is 1. The van der Waals surface area contributed by atoms with Crippen molar-refractivity contribution < 1.29 is 4.79 Å². The van der Waals surface area contributed by atoms with Gasteiger partial charge in [-0.25, -0.2) is 0 Å². The van der Waals surface area contributed by atoms with E-state index < -0.39 is 0 Å². The lowest BCUT2D eigenvalue weighted by Crippen LogP contribution is -2.32. The number of carbonyl (C=O) groups excluding carboxylic acids is 1. The molecule has 1 rings (SSSR count). The summed E-state index contributed by atoms with van der Waals surface area (Å²) in [4.78, 5) is 13.8. The Morgan fingerprint density at radius 1 is 1.30 bits per heavy atom. The molecule has 1 amide bonds. The van der Waals surface area contributed by atoms with Crippen LogP contribution in [0.1, 0.15) is 18.9 Å². The number of anilines is 1. The minimum atomic E-state index is 0. The zero-order valence-corrected chi connectivity index (χ0v) is 13.7. The summed E-state index contributed by atoms with van der Waals surface area (Å²) in [6, 6.07) is 7.68. The van der Waals surface area contributed by atoms with Gasteiger partial charge in [-0.2, -0.15) is 0 Å². The number of nitrogen functional groups attached to an aromatic ring is 1. The van der Waals surface area contributed by atoms with Gasteiger partial charge in [0.15, 0.2) is 0 Å². The third-order valence-electron chi connectivity index (χ3n) is 3.03. The summed E-state index contributed by atoms with van der Waals surface area (Å²) in [5.41, 5.74) is 7.63. The number of aryl methyl sites for hydroxylation is 1. The first kappa shape index (κ1) is 21.3. The molecule has 4 nitrogen and oxygen atoms in total. The molecule has 0 aliphatic rings. The highest BCUT2D eigenvalue weighted by Gasteiger charge is 2.04. The topological polar surface area (TPSA) is 58.4 Å². The van der Waals surface area contributed by atoms with Gasteiger partial charge in [0.1, 0.15) is 0 Å². The quantitative estimate of drug-likeness (QED) is 0.756. The third kappa shape index (κ3) is 8.25. The maximum absolute atomic E-state index is 11.6. The van der Waals surface area contributed by atoms with Crippen molar-refractivity contribution in [2.75, 3.05) is 32.4 Å². The Bertz CT molecular complexity index is 388. The van der Waals surface area contributed by atoms with Gasteiger partial charge in [0, 0.05) is 25.2 Å². The zero-order chi connectivity index (χ0) is 13.4. The largest absolute Gasteiger partial charge is 0.399 e. The maximum atomic E-state index is 11.6. The van der Waals surface area contributed by atoms with Crippen LogP contribution in [0.2, 0.25) is 0 Å². The van der Waals surface area contributed by atoms with Crippen LogP contribution in [0.3, 0.4) is 0 Å². The van der Waals surface area contributed by atoms with E-state index in [0.29, 0.717) is 19.4 Å². The number of carbonyl (C=O) groups is 1. The highest BCUT2D eigenvalue weighted by atomic mass is 35.5. The normalized spacial score (nSPS) is 9.55. The minimum Gasteiger partial charge on any atom is -0.399 e. The summed E-state index contributed by atoms with van der Waals surface area (Å²) in [7, 11) is 2.04. The molecule has 0 spiro atoms. The fourth-order valence-electron chi connectivity index (χ4n) is 1.64. The molecule has 0 radical (unpaired) electrons. The van der Waals surface area contributed by atoms with Crippen LogP contribution in [-0.4, -0.2) is 37.5 Å². The van der Waals surface area contributed by atoms with Crippen molar-refractivity contribution >= 4 is 36.4 Å². The second-order valence-corrected chi connectivity index (χ2v) is 4.44. The van der Waals surface area contributed by atoms with Crippen LogP contribution in [0, 0.1) is 0 Å². The number of amides is 1. The van der Waals surface area contributed by atoms with Gasteiger partial charge < -0.3 is 16.0 Å². The molecule has 1 aromatic rings. The lowest BCUT2D eigenvalue weighted by atomic mass is 10.1. The van der Waals surface area contributed by atoms with E-state index in [-0.39, 0.29) is 30.7 Å². The van der Waals surface area contributed by atoms with Crippen molar-refractivity contribution in [1.29, 1.82) is 0 Å². The van der Waals surface area contributed by atoms with E-state index >= 15 is 0 Å². The van der Waals surface area contributed by atoms with Crippen LogP contribution in [0.25, 0.3) is 0 Å². The number of para-hydroxylation sites is 1. The molecule has 0 unspecified atom stereocenters. The molecule has 0 fully saturated rings. The number of hydrogen-bond donors (Lipinski definition) is 2. The number of hydrogen-bond acceptors (Lipinski definition) is 3. The van der Waals surface area contributed by atoms with E-state index in [2.05, 4.69) is 17.1 Å². The molecular weight excluding hydrogens is 297 g/mol. The Morgan fingerprint density at radius 2 is 1.95 bits per heavy atom. The number of nitrogens with zero attached hydrogens (tertiary/aromatic N) is 1. The highest BCUT2D eigenvalue weighted by Crippen LogP contribution is 2.12. The zero-order valence-electron chi connectivity index (χ0n) is 12.1. The van der Waals surface area contributed by atoms with E-state index in [1.807, 2.05) is 31.3 Å². The van der Waals surface area contributed by atoms with Crippen molar-refractivity contribution in [3.05, 3.63) is 29.8 Å². The van der Waals surface area contributed by atoms with Crippen LogP contribution in [0.15, 0.2) is 24.3 Å². The SMILES string of the molecule is CCN(C)CCNC(=O)CCc1ccccc1N.Cl.Cl. The molecule has 6 heteroatoms. The smallest absolute Gasteiger partial charge is 0.220 e. The molecule has 0 aromatic heterocycles. The molecule has 0 aliphatic heterocycles. The van der Waals surface area contributed by atoms with Crippen molar-refractivity contribution in [3.8, 4) is 0 Å². The van der Waals surface area contributed by atoms with Crippen LogP contribution in [0.5, 0.6) is 0 Å². The summed E-state index contributed by atoms with van der Waals surface area (Å²) in [6.07, 6.45) is 1.19. The number of halogens is 2. The van der Waals surface area contributed by atoms with Crippen molar-refractivity contribution in [2.24, 2.45) is 0 Å². The first-order valence-corrected chi connectivity index (χ1v) is 6.42. The second kappa shape index (κ2) is 11.8. The Balaban J connectivity index is 0. The van der Waals surface area contributed by atoms with Crippen molar-refractivity contribution in [1.82, 2.24) is 10.2 Å². The van der Waals surface area contributed by atoms with E-state index in [9.17, 15) is 4.79 Å². The van der Waals surface area contributed by atoms with Crippen LogP contribution in [0.4, 0.5) is 5.69 Å². The molecule has 0 heterocycles. The maximum Gasteiger partial charge on any atom is 0.220 e. The van der Waals surface area contributed by atoms with E-state index in [1.54, 1.807) is 0 Å². The van der Waals surface area contributed by atoms with Crippen LogP contribution in [-0.2, 0) is 11.2 Å². The van der Waals surface area contributed by atoms with Crippen LogP contribution < -0.4 is 11.1 Å². The molecule has 1 aromatic carbocycles. The van der Waals surface area contributed by atoms with E-state index in [1.165, 1.54) is 0 Å². The molecule has 20 heavy (non-hydrogen) atoms. The van der Waals surface area contributed by atoms with Crippen molar-refractivity contribution in [3.63, 3.8) is 0 Å². The second-order valence-electron chi connectivity index (χ2n) is 4.44. The molecule has 0 atom stereocenters. The summed E-state index contributed by atoms with van der Waals surface area (Å²) < 4.78 is 0. The first-order chi connectivity index (χ1) is 8.63. The molecule has 0 aliphatic carbocycles. The average molecular weight is 322 g/mol. The lowest BCUT2D eigenvalue weighted by molar-refractivity contribution is -0.121. The highest BCUT2D eigenvalue weighted by molar-refractivity contribution is 5.85. The van der Waals surface area contributed by atoms with E-state index in [4.69, 9.17) is 5.73 Å². The Labute approximate surface area is 133 Å². The third-order valence-corrected chi connectivity index (χ3v) is 3.03. The number of rotatable bonds is 7. The molecule has 3 N–H and O–H groups in total. The summed E-state index contributed by atoms with van der Waals surface area (Å²) >= 11 is 0. The summed E-state index contributed by atoms with van der Waals surface area (Å²) in [6.45, 7) is 4.68. The monoisotopic (exact) mass is 321 g/mol. The Hall–Kier alpha value is -0.970. The van der Waals surface area contributed by atoms with Gasteiger partial charge in [-0.3, -0.25) is 4.79 Å². The van der Waals surface area contributed by atoms with Gasteiger partial charge >= 0.3 is 0 Å². The summed E-state index contributed by atoms with van der Waals surface area (Å²) in [5.74, 6) is 0.0859. The summed E-state index contributed by atoms with van der Waals surface area (Å²) in [5, 5.41) is 2.92. The Morgan fingerprint density at radius 3 is 2.55 bits per heavy atom. The van der Waals surface area contributed by atoms with Gasteiger partial charge in [0.2, 0.25) is 5.91 Å². The predicted molar refractivity (Wildman–Crippen MR) is 89.9 cm³/mol. The molecule has 116 valence electrons. The fraction of sp³-hybridized carbons (Fsp3) is 0.500. The number of nitrogens with two attached hydrogens (primary N) is 1. The van der Waals surface area contributed by atoms with Crippen molar-refractivity contribution in [2.45, 2.75) is 19.8 Å². The first-order valence-electron chi connectivity index (χ1n) is 6.42. The van der Waals surface area contributed by atoms with Gasteiger partial charge in [0.05, 0.1) is 0 Å². The number of benzene rings is 1. The predicted octanol–water partition coefficient (Wildman–Crippen LogP) is 2.11. The lowest BCUT2D eigenvalue weighted by Gasteiger charge is -2.14. The fourth-order valence-corrected chi connectivity index (χ4v) is 1.64. The number of likely N-dealkylation sites (N-methyl/N-ethyl adjacent to an activating group) is 1. The van der Waals surface area contributed by atoms with Gasteiger partial charge in [0.25, 0.3) is 0 Å². The molecule has 0 saturated carbocycles. The van der Waals surface area contributed by atoms with E-state index in [0.717, 1.165) is 24.3 Å². The Kier molecular flexibility index (Phi) is 12.6. The average Bonchev–Trinajstić information content (AvgIpc) is 2.37. The molecular formula is C14H25Cl2N3O. The minimum absolute atomic E-state index is 0. The standard InChI is InChI=1S/C14H23N3O.2ClH/c1-3-17(2)11-10-16-14(18)9-8-12-6-4-5-7-13(12)15;;/h4-7H,3,8-11,15H2,1-2H3,(H,16,18);2*1H. The van der Waals surface area contributed by atoms with Gasteiger partial charge in [-0.15, -0.1) is 24.8 Å².